The fourth-order valence-electron chi connectivity index (χ4n) is 1.57. The highest BCUT2D eigenvalue weighted by Gasteiger charge is 1.96. The van der Waals surface area contributed by atoms with Crippen molar-refractivity contribution < 1.29 is 4.74 Å². The number of hydrogen-bond acceptors (Lipinski definition) is 2. The van der Waals surface area contributed by atoms with Crippen LogP contribution in [-0.2, 0) is 0 Å². The molecule has 0 radical (unpaired) electrons. The van der Waals surface area contributed by atoms with Crippen molar-refractivity contribution in [3.8, 4) is 17.6 Å². The van der Waals surface area contributed by atoms with Crippen molar-refractivity contribution in [2.45, 2.75) is 20.3 Å². The average Bonchev–Trinajstić information content (AvgIpc) is 2.47. The highest BCUT2D eigenvalue weighted by Crippen LogP contribution is 2.14. The number of pyridine rings is 1. The molecule has 3 heteroatoms. The SMILES string of the molecule is CCCOc1ccc(C#Cc2cnc(C)c(Cl)c2)cc1. The molecule has 2 aromatic rings. The lowest BCUT2D eigenvalue weighted by molar-refractivity contribution is 0.317. The van der Waals surface area contributed by atoms with E-state index in [0.717, 1.165) is 35.6 Å². The van der Waals surface area contributed by atoms with E-state index in [1.807, 2.05) is 37.3 Å². The zero-order valence-electron chi connectivity index (χ0n) is 11.6. The van der Waals surface area contributed by atoms with Gasteiger partial charge >= 0.3 is 0 Å². The van der Waals surface area contributed by atoms with Gasteiger partial charge < -0.3 is 4.74 Å². The van der Waals surface area contributed by atoms with E-state index >= 15 is 0 Å². The van der Waals surface area contributed by atoms with Gasteiger partial charge in [-0.05, 0) is 43.7 Å². The van der Waals surface area contributed by atoms with E-state index in [1.165, 1.54) is 0 Å². The number of aromatic nitrogens is 1. The lowest BCUT2D eigenvalue weighted by Gasteiger charge is -2.03. The second-order valence-corrected chi connectivity index (χ2v) is 4.82. The Hall–Kier alpha value is -1.98. The van der Waals surface area contributed by atoms with Gasteiger partial charge in [0.2, 0.25) is 0 Å². The molecule has 0 aliphatic rings. The molecule has 102 valence electrons. The van der Waals surface area contributed by atoms with Gasteiger partial charge in [-0.3, -0.25) is 4.98 Å². The Bertz CT molecular complexity index is 638. The number of nitrogens with zero attached hydrogens (tertiary/aromatic N) is 1. The van der Waals surface area contributed by atoms with Crippen LogP contribution in [0.5, 0.6) is 5.75 Å². The first kappa shape index (κ1) is 14.4. The second kappa shape index (κ2) is 6.98. The molecule has 0 aliphatic carbocycles. The largest absolute Gasteiger partial charge is 0.494 e. The molecule has 0 unspecified atom stereocenters. The second-order valence-electron chi connectivity index (χ2n) is 4.41. The molecule has 0 fully saturated rings. The van der Waals surface area contributed by atoms with Gasteiger partial charge in [-0.15, -0.1) is 0 Å². The van der Waals surface area contributed by atoms with Gasteiger partial charge in [-0.2, -0.15) is 0 Å². The Labute approximate surface area is 124 Å². The zero-order valence-corrected chi connectivity index (χ0v) is 12.4. The van der Waals surface area contributed by atoms with E-state index < -0.39 is 0 Å². The third kappa shape index (κ3) is 4.01. The van der Waals surface area contributed by atoms with Gasteiger partial charge in [0, 0.05) is 17.3 Å². The fraction of sp³-hybridized carbons (Fsp3) is 0.235. The first-order valence-electron chi connectivity index (χ1n) is 6.56. The summed E-state index contributed by atoms with van der Waals surface area (Å²) in [5.41, 5.74) is 2.56. The van der Waals surface area contributed by atoms with Gasteiger partial charge in [0.15, 0.2) is 0 Å². The summed E-state index contributed by atoms with van der Waals surface area (Å²) in [6, 6.07) is 9.58. The molecule has 0 atom stereocenters. The van der Waals surface area contributed by atoms with Crippen LogP contribution in [0.1, 0.15) is 30.2 Å². The summed E-state index contributed by atoms with van der Waals surface area (Å²) in [6.45, 7) is 4.69. The van der Waals surface area contributed by atoms with Crippen LogP contribution in [0.15, 0.2) is 36.5 Å². The highest BCUT2D eigenvalue weighted by atomic mass is 35.5. The maximum Gasteiger partial charge on any atom is 0.119 e. The van der Waals surface area contributed by atoms with Crippen molar-refractivity contribution in [2.75, 3.05) is 6.61 Å². The molecule has 2 nitrogen and oxygen atoms in total. The van der Waals surface area contributed by atoms with Crippen LogP contribution in [0.2, 0.25) is 5.02 Å². The Balaban J connectivity index is 2.10. The number of halogens is 1. The predicted molar refractivity (Wildman–Crippen MR) is 82.2 cm³/mol. The number of hydrogen-bond donors (Lipinski definition) is 0. The molecule has 0 amide bonds. The van der Waals surface area contributed by atoms with E-state index in [4.69, 9.17) is 16.3 Å². The quantitative estimate of drug-likeness (QED) is 0.787. The number of aryl methyl sites for hydroxylation is 1. The molecule has 1 aromatic heterocycles. The zero-order chi connectivity index (χ0) is 14.4. The Morgan fingerprint density at radius 2 is 1.85 bits per heavy atom. The maximum atomic E-state index is 6.02. The van der Waals surface area contributed by atoms with Gasteiger partial charge in [-0.25, -0.2) is 0 Å². The van der Waals surface area contributed by atoms with E-state index in [1.54, 1.807) is 6.20 Å². The molecule has 2 rings (SSSR count). The van der Waals surface area contributed by atoms with E-state index in [2.05, 4.69) is 23.7 Å². The first-order chi connectivity index (χ1) is 9.69. The van der Waals surface area contributed by atoms with Crippen LogP contribution < -0.4 is 4.74 Å². The number of ether oxygens (including phenoxy) is 1. The summed E-state index contributed by atoms with van der Waals surface area (Å²) in [5, 5.41) is 0.639. The lowest BCUT2D eigenvalue weighted by Crippen LogP contribution is -1.94. The van der Waals surface area contributed by atoms with Crippen molar-refractivity contribution in [2.24, 2.45) is 0 Å². The number of benzene rings is 1. The molecule has 0 saturated heterocycles. The summed E-state index contributed by atoms with van der Waals surface area (Å²) in [7, 11) is 0. The third-order valence-electron chi connectivity index (χ3n) is 2.70. The van der Waals surface area contributed by atoms with Gasteiger partial charge in [-0.1, -0.05) is 30.4 Å². The molecule has 1 aromatic carbocycles. The normalized spacial score (nSPS) is 9.75. The lowest BCUT2D eigenvalue weighted by atomic mass is 10.2. The molecule has 0 spiro atoms. The monoisotopic (exact) mass is 285 g/mol. The Morgan fingerprint density at radius 3 is 2.50 bits per heavy atom. The molecule has 0 N–H and O–H groups in total. The predicted octanol–water partition coefficient (Wildman–Crippen LogP) is 4.23. The summed E-state index contributed by atoms with van der Waals surface area (Å²) in [4.78, 5) is 4.18. The topological polar surface area (TPSA) is 22.1 Å². The van der Waals surface area contributed by atoms with Crippen LogP contribution in [0.4, 0.5) is 0 Å². The van der Waals surface area contributed by atoms with E-state index in [9.17, 15) is 0 Å². The minimum Gasteiger partial charge on any atom is -0.494 e. The minimum absolute atomic E-state index is 0.639. The van der Waals surface area contributed by atoms with Crippen LogP contribution in [0, 0.1) is 18.8 Å². The summed E-state index contributed by atoms with van der Waals surface area (Å²) in [6.07, 6.45) is 2.73. The van der Waals surface area contributed by atoms with Crippen molar-refractivity contribution in [3.05, 3.63) is 58.4 Å². The van der Waals surface area contributed by atoms with E-state index in [0.29, 0.717) is 5.02 Å². The minimum atomic E-state index is 0.639. The van der Waals surface area contributed by atoms with Gasteiger partial charge in [0.1, 0.15) is 5.75 Å². The van der Waals surface area contributed by atoms with Crippen molar-refractivity contribution in [1.29, 1.82) is 0 Å². The summed E-state index contributed by atoms with van der Waals surface area (Å²) in [5.74, 6) is 7.01. The Morgan fingerprint density at radius 1 is 1.15 bits per heavy atom. The maximum absolute atomic E-state index is 6.02. The first-order valence-corrected chi connectivity index (χ1v) is 6.94. The average molecular weight is 286 g/mol. The molecular weight excluding hydrogens is 270 g/mol. The van der Waals surface area contributed by atoms with Crippen LogP contribution in [0.25, 0.3) is 0 Å². The molecule has 20 heavy (non-hydrogen) atoms. The molecule has 0 bridgehead atoms. The van der Waals surface area contributed by atoms with Crippen molar-refractivity contribution in [1.82, 2.24) is 4.98 Å². The van der Waals surface area contributed by atoms with Crippen LogP contribution >= 0.6 is 11.6 Å². The fourth-order valence-corrected chi connectivity index (χ4v) is 1.74. The molecule has 0 saturated carbocycles. The Kier molecular flexibility index (Phi) is 5.03. The standard InChI is InChI=1S/C17H16ClNO/c1-3-10-20-16-8-6-14(7-9-16)4-5-15-11-17(18)13(2)19-12-15/h6-9,11-12H,3,10H2,1-2H3. The molecule has 1 heterocycles. The molecular formula is C17H16ClNO. The third-order valence-corrected chi connectivity index (χ3v) is 3.09. The van der Waals surface area contributed by atoms with Crippen molar-refractivity contribution in [3.63, 3.8) is 0 Å². The van der Waals surface area contributed by atoms with Gasteiger partial charge in [0.25, 0.3) is 0 Å². The van der Waals surface area contributed by atoms with Crippen molar-refractivity contribution >= 4 is 11.6 Å². The highest BCUT2D eigenvalue weighted by molar-refractivity contribution is 6.31. The van der Waals surface area contributed by atoms with Crippen LogP contribution in [0.3, 0.4) is 0 Å². The summed E-state index contributed by atoms with van der Waals surface area (Å²) < 4.78 is 5.53. The smallest absolute Gasteiger partial charge is 0.119 e. The number of rotatable bonds is 3. The van der Waals surface area contributed by atoms with E-state index in [-0.39, 0.29) is 0 Å². The summed E-state index contributed by atoms with van der Waals surface area (Å²) >= 11 is 6.02. The van der Waals surface area contributed by atoms with Crippen LogP contribution in [-0.4, -0.2) is 11.6 Å². The van der Waals surface area contributed by atoms with Gasteiger partial charge in [0.05, 0.1) is 17.3 Å². The molecule has 0 aliphatic heterocycles.